The summed E-state index contributed by atoms with van der Waals surface area (Å²) in [5.74, 6) is 0.674. The van der Waals surface area contributed by atoms with Crippen LogP contribution in [0.1, 0.15) is 23.0 Å². The van der Waals surface area contributed by atoms with Gasteiger partial charge in [0.1, 0.15) is 6.61 Å². The van der Waals surface area contributed by atoms with Crippen LogP contribution in [0.2, 0.25) is 0 Å². The van der Waals surface area contributed by atoms with Gasteiger partial charge in [-0.3, -0.25) is 4.98 Å². The topological polar surface area (TPSA) is 57.7 Å². The minimum Gasteiger partial charge on any atom is -0.493 e. The first-order valence-corrected chi connectivity index (χ1v) is 6.62. The first kappa shape index (κ1) is 14.8. The summed E-state index contributed by atoms with van der Waals surface area (Å²) in [6, 6.07) is 10.4. The summed E-state index contributed by atoms with van der Waals surface area (Å²) in [7, 11) is 1.53. The SMILES string of the molecule is CCOc1ccc(C(=O)OCc2ccccn2)cc1OC. The standard InChI is InChI=1S/C16H17NO4/c1-3-20-14-8-7-12(10-15(14)19-2)16(18)21-11-13-6-4-5-9-17-13/h4-10H,3,11H2,1-2H3. The van der Waals surface area contributed by atoms with Gasteiger partial charge in [-0.1, -0.05) is 6.07 Å². The number of ether oxygens (including phenoxy) is 3. The van der Waals surface area contributed by atoms with Crippen LogP contribution in [0.15, 0.2) is 42.6 Å². The molecule has 1 heterocycles. The number of benzene rings is 1. The Balaban J connectivity index is 2.05. The number of hydrogen-bond donors (Lipinski definition) is 0. The van der Waals surface area contributed by atoms with E-state index in [4.69, 9.17) is 14.2 Å². The van der Waals surface area contributed by atoms with Crippen molar-refractivity contribution in [2.45, 2.75) is 13.5 Å². The average Bonchev–Trinajstić information content (AvgIpc) is 2.54. The molecule has 0 radical (unpaired) electrons. The van der Waals surface area contributed by atoms with Gasteiger partial charge in [0.2, 0.25) is 0 Å². The summed E-state index contributed by atoms with van der Waals surface area (Å²) in [5, 5.41) is 0. The number of carbonyl (C=O) groups excluding carboxylic acids is 1. The molecule has 1 aromatic heterocycles. The summed E-state index contributed by atoms with van der Waals surface area (Å²) in [6.45, 7) is 2.55. The van der Waals surface area contributed by atoms with E-state index in [0.717, 1.165) is 0 Å². The second-order valence-corrected chi connectivity index (χ2v) is 4.20. The zero-order valence-electron chi connectivity index (χ0n) is 12.0. The van der Waals surface area contributed by atoms with Crippen molar-refractivity contribution in [1.82, 2.24) is 4.98 Å². The second-order valence-electron chi connectivity index (χ2n) is 4.20. The second kappa shape index (κ2) is 7.28. The molecule has 0 atom stereocenters. The van der Waals surface area contributed by atoms with Gasteiger partial charge >= 0.3 is 5.97 Å². The third-order valence-electron chi connectivity index (χ3n) is 2.78. The summed E-state index contributed by atoms with van der Waals surface area (Å²) in [5.41, 5.74) is 1.11. The van der Waals surface area contributed by atoms with Crippen molar-refractivity contribution in [1.29, 1.82) is 0 Å². The van der Waals surface area contributed by atoms with Crippen molar-refractivity contribution in [3.63, 3.8) is 0 Å². The van der Waals surface area contributed by atoms with Gasteiger partial charge in [-0.2, -0.15) is 0 Å². The van der Waals surface area contributed by atoms with Crippen LogP contribution in [0.5, 0.6) is 11.5 Å². The van der Waals surface area contributed by atoms with E-state index in [9.17, 15) is 4.79 Å². The highest BCUT2D eigenvalue weighted by atomic mass is 16.5. The van der Waals surface area contributed by atoms with Crippen LogP contribution >= 0.6 is 0 Å². The van der Waals surface area contributed by atoms with E-state index >= 15 is 0 Å². The number of carbonyl (C=O) groups is 1. The molecule has 0 aliphatic heterocycles. The van der Waals surface area contributed by atoms with Crippen molar-refractivity contribution >= 4 is 5.97 Å². The lowest BCUT2D eigenvalue weighted by Gasteiger charge is -2.10. The predicted octanol–water partition coefficient (Wildman–Crippen LogP) is 2.85. The van der Waals surface area contributed by atoms with E-state index < -0.39 is 5.97 Å². The Kier molecular flexibility index (Phi) is 5.15. The first-order chi connectivity index (χ1) is 10.2. The minimum absolute atomic E-state index is 0.134. The lowest BCUT2D eigenvalue weighted by molar-refractivity contribution is 0.0467. The van der Waals surface area contributed by atoms with Crippen LogP contribution < -0.4 is 9.47 Å². The molecule has 0 spiro atoms. The summed E-state index contributed by atoms with van der Waals surface area (Å²) < 4.78 is 15.8. The fourth-order valence-electron chi connectivity index (χ4n) is 1.78. The lowest BCUT2D eigenvalue weighted by Crippen LogP contribution is -2.07. The van der Waals surface area contributed by atoms with Gasteiger partial charge in [0, 0.05) is 6.20 Å². The van der Waals surface area contributed by atoms with Gasteiger partial charge in [-0.25, -0.2) is 4.79 Å². The van der Waals surface area contributed by atoms with Gasteiger partial charge in [0.15, 0.2) is 11.5 Å². The molecule has 0 amide bonds. The Morgan fingerprint density at radius 3 is 2.71 bits per heavy atom. The molecule has 0 N–H and O–H groups in total. The van der Waals surface area contributed by atoms with Crippen LogP contribution in [-0.4, -0.2) is 24.7 Å². The molecule has 0 fully saturated rings. The molecular weight excluding hydrogens is 270 g/mol. The molecule has 110 valence electrons. The Bertz CT molecular complexity index is 598. The van der Waals surface area contributed by atoms with Crippen LogP contribution in [0, 0.1) is 0 Å². The highest BCUT2D eigenvalue weighted by Gasteiger charge is 2.12. The Morgan fingerprint density at radius 2 is 2.05 bits per heavy atom. The molecule has 5 nitrogen and oxygen atoms in total. The third-order valence-corrected chi connectivity index (χ3v) is 2.78. The number of pyridine rings is 1. The van der Waals surface area contributed by atoms with Crippen molar-refractivity contribution in [3.05, 3.63) is 53.9 Å². The fourth-order valence-corrected chi connectivity index (χ4v) is 1.78. The molecule has 0 aliphatic carbocycles. The summed E-state index contributed by atoms with van der Waals surface area (Å²) in [6.07, 6.45) is 1.66. The first-order valence-electron chi connectivity index (χ1n) is 6.62. The molecule has 0 saturated carbocycles. The number of methoxy groups -OCH3 is 1. The zero-order chi connectivity index (χ0) is 15.1. The Labute approximate surface area is 123 Å². The van der Waals surface area contributed by atoms with Gasteiger partial charge in [0.05, 0.1) is 25.0 Å². The molecule has 0 bridgehead atoms. The van der Waals surface area contributed by atoms with Crippen molar-refractivity contribution in [2.24, 2.45) is 0 Å². The van der Waals surface area contributed by atoms with Crippen LogP contribution in [-0.2, 0) is 11.3 Å². The van der Waals surface area contributed by atoms with Gasteiger partial charge < -0.3 is 14.2 Å². The van der Waals surface area contributed by atoms with Gasteiger partial charge in [-0.05, 0) is 37.3 Å². The monoisotopic (exact) mass is 287 g/mol. The van der Waals surface area contributed by atoms with E-state index in [2.05, 4.69) is 4.98 Å². The predicted molar refractivity (Wildman–Crippen MR) is 77.5 cm³/mol. The average molecular weight is 287 g/mol. The minimum atomic E-state index is -0.429. The summed E-state index contributed by atoms with van der Waals surface area (Å²) in [4.78, 5) is 16.1. The molecule has 2 aromatic rings. The maximum absolute atomic E-state index is 12.0. The van der Waals surface area contributed by atoms with Crippen molar-refractivity contribution < 1.29 is 19.0 Å². The number of nitrogens with zero attached hydrogens (tertiary/aromatic N) is 1. The van der Waals surface area contributed by atoms with Crippen molar-refractivity contribution in [3.8, 4) is 11.5 Å². The molecule has 0 unspecified atom stereocenters. The number of hydrogen-bond acceptors (Lipinski definition) is 5. The molecule has 0 aliphatic rings. The quantitative estimate of drug-likeness (QED) is 0.765. The molecule has 0 saturated heterocycles. The van der Waals surface area contributed by atoms with E-state index in [1.54, 1.807) is 30.5 Å². The lowest BCUT2D eigenvalue weighted by atomic mass is 10.2. The van der Waals surface area contributed by atoms with E-state index in [-0.39, 0.29) is 6.61 Å². The maximum atomic E-state index is 12.0. The smallest absolute Gasteiger partial charge is 0.338 e. The molecule has 5 heteroatoms. The Morgan fingerprint density at radius 1 is 1.19 bits per heavy atom. The van der Waals surface area contributed by atoms with Crippen LogP contribution in [0.4, 0.5) is 0 Å². The van der Waals surface area contributed by atoms with E-state index in [1.807, 2.05) is 19.1 Å². The van der Waals surface area contributed by atoms with Gasteiger partial charge in [0.25, 0.3) is 0 Å². The van der Waals surface area contributed by atoms with Gasteiger partial charge in [-0.15, -0.1) is 0 Å². The van der Waals surface area contributed by atoms with E-state index in [0.29, 0.717) is 29.4 Å². The molecular formula is C16H17NO4. The number of rotatable bonds is 6. The van der Waals surface area contributed by atoms with E-state index in [1.165, 1.54) is 7.11 Å². The molecule has 21 heavy (non-hydrogen) atoms. The third kappa shape index (κ3) is 3.95. The maximum Gasteiger partial charge on any atom is 0.338 e. The highest BCUT2D eigenvalue weighted by molar-refractivity contribution is 5.90. The molecule has 1 aromatic carbocycles. The van der Waals surface area contributed by atoms with Crippen molar-refractivity contribution in [2.75, 3.05) is 13.7 Å². The van der Waals surface area contributed by atoms with Crippen LogP contribution in [0.3, 0.4) is 0 Å². The van der Waals surface area contributed by atoms with Crippen LogP contribution in [0.25, 0.3) is 0 Å². The normalized spacial score (nSPS) is 10.0. The number of esters is 1. The molecule has 2 rings (SSSR count). The highest BCUT2D eigenvalue weighted by Crippen LogP contribution is 2.28. The summed E-state index contributed by atoms with van der Waals surface area (Å²) >= 11 is 0. The number of aromatic nitrogens is 1. The zero-order valence-corrected chi connectivity index (χ0v) is 12.0. The largest absolute Gasteiger partial charge is 0.493 e. The fraction of sp³-hybridized carbons (Fsp3) is 0.250. The Hall–Kier alpha value is -2.56.